The van der Waals surface area contributed by atoms with Gasteiger partial charge in [0.25, 0.3) is 0 Å². The van der Waals surface area contributed by atoms with Crippen LogP contribution in [-0.2, 0) is 0 Å². The molecule has 0 saturated carbocycles. The van der Waals surface area contributed by atoms with Crippen LogP contribution in [0, 0.1) is 11.8 Å². The topological polar surface area (TPSA) is 40.6 Å². The van der Waals surface area contributed by atoms with Crippen LogP contribution in [0.3, 0.4) is 0 Å². The molecule has 4 heteroatoms. The number of benzene rings is 2. The van der Waals surface area contributed by atoms with Crippen LogP contribution in [0.2, 0.25) is 0 Å². The lowest BCUT2D eigenvalue weighted by Gasteiger charge is -2.31. The Morgan fingerprint density at radius 2 is 0.917 bits per heavy atom. The van der Waals surface area contributed by atoms with Crippen LogP contribution in [0.25, 0.3) is 0 Å². The first kappa shape index (κ1) is 26.8. The van der Waals surface area contributed by atoms with Gasteiger partial charge in [-0.2, -0.15) is 0 Å². The fraction of sp³-hybridized carbons (Fsp3) is 0.562. The molecule has 0 amide bonds. The van der Waals surface area contributed by atoms with Gasteiger partial charge in [0.1, 0.15) is 0 Å². The first-order valence-electron chi connectivity index (χ1n) is 14.3. The maximum Gasteiger partial charge on any atom is 0.167 e. The highest BCUT2D eigenvalue weighted by molar-refractivity contribution is 5.98. The lowest BCUT2D eigenvalue weighted by Crippen LogP contribution is -2.37. The average Bonchev–Trinajstić information content (AvgIpc) is 2.95. The molecule has 194 valence electrons. The highest BCUT2D eigenvalue weighted by Gasteiger charge is 2.26. The minimum Gasteiger partial charge on any atom is -0.303 e. The number of likely N-dealkylation sites (tertiary alicyclic amines) is 2. The molecule has 0 N–H and O–H groups in total. The van der Waals surface area contributed by atoms with Gasteiger partial charge in [0, 0.05) is 36.1 Å². The highest BCUT2D eigenvalue weighted by atomic mass is 16.1. The summed E-state index contributed by atoms with van der Waals surface area (Å²) in [5, 5.41) is 0. The standard InChI is InChI=1S/C32H44N2O2/c35-31(27-15-5-1-6-16-27)29(25-33-21-11-3-12-22-33)19-9-10-20-30(26-34-23-13-4-14-24-34)32(36)28-17-7-2-8-18-28/h1-2,5-8,15-18,29-30H,3-4,9-14,19-26H2/t29-,30+. The van der Waals surface area contributed by atoms with Crippen molar-refractivity contribution in [3.63, 3.8) is 0 Å². The molecule has 2 aromatic carbocycles. The number of carbonyl (C=O) groups is 2. The summed E-state index contributed by atoms with van der Waals surface area (Å²) >= 11 is 0. The quantitative estimate of drug-likeness (QED) is 0.238. The van der Waals surface area contributed by atoms with Crippen molar-refractivity contribution in [2.75, 3.05) is 39.3 Å². The monoisotopic (exact) mass is 488 g/mol. The lowest BCUT2D eigenvalue weighted by atomic mass is 9.88. The van der Waals surface area contributed by atoms with E-state index in [1.165, 1.54) is 38.5 Å². The molecule has 2 fully saturated rings. The average molecular weight is 489 g/mol. The summed E-state index contributed by atoms with van der Waals surface area (Å²) in [4.78, 5) is 31.8. The van der Waals surface area contributed by atoms with Crippen molar-refractivity contribution in [2.24, 2.45) is 11.8 Å². The molecule has 2 heterocycles. The number of unbranched alkanes of at least 4 members (excludes halogenated alkanes) is 1. The normalized spacial score (nSPS) is 19.0. The van der Waals surface area contributed by atoms with E-state index in [9.17, 15) is 9.59 Å². The molecule has 2 aliphatic rings. The number of hydrogen-bond donors (Lipinski definition) is 0. The number of rotatable bonds is 13. The van der Waals surface area contributed by atoms with Crippen LogP contribution >= 0.6 is 0 Å². The zero-order valence-corrected chi connectivity index (χ0v) is 22.0. The van der Waals surface area contributed by atoms with Crippen molar-refractivity contribution in [2.45, 2.75) is 64.2 Å². The van der Waals surface area contributed by atoms with Crippen molar-refractivity contribution >= 4 is 11.6 Å². The lowest BCUT2D eigenvalue weighted by molar-refractivity contribution is 0.0833. The summed E-state index contributed by atoms with van der Waals surface area (Å²) in [6.45, 7) is 6.19. The highest BCUT2D eigenvalue weighted by Crippen LogP contribution is 2.24. The van der Waals surface area contributed by atoms with Gasteiger partial charge in [0.2, 0.25) is 0 Å². The summed E-state index contributed by atoms with van der Waals surface area (Å²) in [5.74, 6) is 0.643. The molecule has 0 aromatic heterocycles. The van der Waals surface area contributed by atoms with E-state index in [1.807, 2.05) is 60.7 Å². The fourth-order valence-corrected chi connectivity index (χ4v) is 5.98. The third kappa shape index (κ3) is 8.11. The van der Waals surface area contributed by atoms with Gasteiger partial charge in [-0.1, -0.05) is 86.3 Å². The third-order valence-electron chi connectivity index (χ3n) is 8.07. The van der Waals surface area contributed by atoms with Gasteiger partial charge in [0.15, 0.2) is 11.6 Å². The molecule has 0 spiro atoms. The Morgan fingerprint density at radius 3 is 1.28 bits per heavy atom. The van der Waals surface area contributed by atoms with Gasteiger partial charge in [-0.15, -0.1) is 0 Å². The number of carbonyl (C=O) groups excluding carboxylic acids is 2. The summed E-state index contributed by atoms with van der Waals surface area (Å²) in [6, 6.07) is 19.6. The summed E-state index contributed by atoms with van der Waals surface area (Å²) in [6.07, 6.45) is 11.4. The Kier molecular flexibility index (Phi) is 10.7. The Hall–Kier alpha value is -2.30. The zero-order chi connectivity index (χ0) is 25.0. The van der Waals surface area contributed by atoms with Crippen LogP contribution in [0.15, 0.2) is 60.7 Å². The number of ketones is 2. The Bertz CT molecular complexity index is 840. The zero-order valence-electron chi connectivity index (χ0n) is 22.0. The molecule has 2 saturated heterocycles. The van der Waals surface area contributed by atoms with Crippen molar-refractivity contribution in [1.82, 2.24) is 9.80 Å². The number of Topliss-reactive ketones (excluding diaryl/α,β-unsaturated/α-hetero) is 2. The van der Waals surface area contributed by atoms with Crippen LogP contribution in [0.1, 0.15) is 84.9 Å². The van der Waals surface area contributed by atoms with Gasteiger partial charge >= 0.3 is 0 Å². The Labute approximate surface area is 218 Å². The van der Waals surface area contributed by atoms with E-state index in [4.69, 9.17) is 0 Å². The minimum atomic E-state index is 0.0378. The van der Waals surface area contributed by atoms with E-state index < -0.39 is 0 Å². The first-order valence-corrected chi connectivity index (χ1v) is 14.3. The smallest absolute Gasteiger partial charge is 0.167 e. The second-order valence-corrected chi connectivity index (χ2v) is 10.9. The van der Waals surface area contributed by atoms with Gasteiger partial charge in [-0.25, -0.2) is 0 Å². The second-order valence-electron chi connectivity index (χ2n) is 10.9. The van der Waals surface area contributed by atoms with Gasteiger partial charge in [-0.05, 0) is 64.7 Å². The molecular formula is C32H44N2O2. The van der Waals surface area contributed by atoms with Gasteiger partial charge < -0.3 is 9.80 Å². The SMILES string of the molecule is O=C(c1ccccc1)[C@H](CCCC[C@@H](CN1CCCCC1)C(=O)c1ccccc1)CN1CCCCC1. The molecule has 0 unspecified atom stereocenters. The van der Waals surface area contributed by atoms with Crippen LogP contribution < -0.4 is 0 Å². The molecule has 4 rings (SSSR count). The van der Waals surface area contributed by atoms with E-state index in [2.05, 4.69) is 9.80 Å². The molecule has 2 aliphatic heterocycles. The summed E-state index contributed by atoms with van der Waals surface area (Å²) < 4.78 is 0. The number of hydrogen-bond acceptors (Lipinski definition) is 4. The van der Waals surface area contributed by atoms with E-state index in [1.54, 1.807) is 0 Å². The molecule has 4 nitrogen and oxygen atoms in total. The Morgan fingerprint density at radius 1 is 0.556 bits per heavy atom. The van der Waals surface area contributed by atoms with Crippen molar-refractivity contribution in [3.05, 3.63) is 71.8 Å². The van der Waals surface area contributed by atoms with Gasteiger partial charge in [-0.3, -0.25) is 9.59 Å². The van der Waals surface area contributed by atoms with E-state index in [0.29, 0.717) is 0 Å². The van der Waals surface area contributed by atoms with Crippen LogP contribution in [0.4, 0.5) is 0 Å². The van der Waals surface area contributed by atoms with Crippen molar-refractivity contribution in [3.8, 4) is 0 Å². The van der Waals surface area contributed by atoms with Crippen molar-refractivity contribution in [1.29, 1.82) is 0 Å². The maximum atomic E-state index is 13.4. The molecule has 2 atom stereocenters. The third-order valence-corrected chi connectivity index (χ3v) is 8.07. The number of nitrogens with zero attached hydrogens (tertiary/aromatic N) is 2. The number of piperidine rings is 2. The molecule has 0 radical (unpaired) electrons. The van der Waals surface area contributed by atoms with Gasteiger partial charge in [0.05, 0.1) is 0 Å². The summed E-state index contributed by atoms with van der Waals surface area (Å²) in [5.41, 5.74) is 1.67. The Balaban J connectivity index is 1.36. The predicted molar refractivity (Wildman–Crippen MR) is 148 cm³/mol. The predicted octanol–water partition coefficient (Wildman–Crippen LogP) is 6.52. The van der Waals surface area contributed by atoms with E-state index >= 15 is 0 Å². The van der Waals surface area contributed by atoms with E-state index in [0.717, 1.165) is 76.1 Å². The molecular weight excluding hydrogens is 444 g/mol. The summed E-state index contributed by atoms with van der Waals surface area (Å²) in [7, 11) is 0. The fourth-order valence-electron chi connectivity index (χ4n) is 5.98. The molecule has 0 bridgehead atoms. The molecule has 0 aliphatic carbocycles. The maximum absolute atomic E-state index is 13.4. The second kappa shape index (κ2) is 14.4. The minimum absolute atomic E-state index is 0.0378. The molecule has 2 aromatic rings. The van der Waals surface area contributed by atoms with Crippen LogP contribution in [0.5, 0.6) is 0 Å². The van der Waals surface area contributed by atoms with Crippen molar-refractivity contribution < 1.29 is 9.59 Å². The first-order chi connectivity index (χ1) is 17.7. The largest absolute Gasteiger partial charge is 0.303 e. The van der Waals surface area contributed by atoms with Crippen LogP contribution in [-0.4, -0.2) is 60.6 Å². The van der Waals surface area contributed by atoms with E-state index in [-0.39, 0.29) is 23.4 Å². The molecule has 36 heavy (non-hydrogen) atoms.